The lowest BCUT2D eigenvalue weighted by molar-refractivity contribution is -0.116. The number of nitrogens with one attached hydrogen (secondary N) is 1. The molecule has 7 nitrogen and oxygen atoms in total. The Morgan fingerprint density at radius 1 is 1.17 bits per heavy atom. The van der Waals surface area contributed by atoms with Gasteiger partial charge in [-0.25, -0.2) is 8.42 Å². The summed E-state index contributed by atoms with van der Waals surface area (Å²) in [4.78, 5) is 12.5. The molecule has 0 saturated heterocycles. The van der Waals surface area contributed by atoms with Crippen molar-refractivity contribution in [3.63, 3.8) is 0 Å². The van der Waals surface area contributed by atoms with E-state index >= 15 is 0 Å². The van der Waals surface area contributed by atoms with Gasteiger partial charge in [0.05, 0.1) is 10.9 Å². The molecule has 11 heteroatoms. The van der Waals surface area contributed by atoms with Crippen LogP contribution in [0.4, 0.5) is 5.13 Å². The van der Waals surface area contributed by atoms with Crippen LogP contribution >= 0.6 is 34.3 Å². The van der Waals surface area contributed by atoms with Gasteiger partial charge in [-0.15, -0.1) is 21.5 Å². The standard InChI is InChI=1S/C19H23ClN4O3S3/c1-24(30(26,27)16-3-2-14(20)28-16)10-15(25)21-18-23-22-17(29-18)19-7-11-4-12(8-19)6-13(5-11)9-19/h2-3,11-13H,4-10H2,1H3,(H,21,23,25). The van der Waals surface area contributed by atoms with E-state index in [0.717, 1.165) is 38.4 Å². The molecule has 30 heavy (non-hydrogen) atoms. The van der Waals surface area contributed by atoms with E-state index in [1.807, 2.05) is 0 Å². The van der Waals surface area contributed by atoms with Crippen molar-refractivity contribution in [1.82, 2.24) is 14.5 Å². The number of rotatable bonds is 6. The van der Waals surface area contributed by atoms with Crippen LogP contribution in [0.25, 0.3) is 0 Å². The van der Waals surface area contributed by atoms with Gasteiger partial charge in [0.1, 0.15) is 9.22 Å². The maximum absolute atomic E-state index is 12.6. The zero-order valence-corrected chi connectivity index (χ0v) is 19.7. The molecular weight excluding hydrogens is 464 g/mol. The second kappa shape index (κ2) is 7.51. The van der Waals surface area contributed by atoms with E-state index < -0.39 is 15.9 Å². The molecular formula is C19H23ClN4O3S3. The van der Waals surface area contributed by atoms with E-state index in [4.69, 9.17) is 11.6 Å². The molecule has 0 unspecified atom stereocenters. The van der Waals surface area contributed by atoms with Crippen LogP contribution in [0.2, 0.25) is 4.34 Å². The third kappa shape index (κ3) is 3.70. The minimum atomic E-state index is -3.76. The number of thiophene rings is 1. The van der Waals surface area contributed by atoms with Crippen LogP contribution in [0.5, 0.6) is 0 Å². The van der Waals surface area contributed by atoms with Crippen molar-refractivity contribution in [2.45, 2.75) is 48.1 Å². The van der Waals surface area contributed by atoms with Crippen LogP contribution in [0.1, 0.15) is 43.5 Å². The van der Waals surface area contributed by atoms with Gasteiger partial charge in [-0.05, 0) is 68.4 Å². The zero-order chi connectivity index (χ0) is 21.1. The fourth-order valence-electron chi connectivity index (χ4n) is 5.90. The number of sulfonamides is 1. The Balaban J connectivity index is 1.25. The number of nitrogens with zero attached hydrogens (tertiary/aromatic N) is 3. The first-order chi connectivity index (χ1) is 14.2. The number of halogens is 1. The molecule has 162 valence electrons. The number of aromatic nitrogens is 2. The van der Waals surface area contributed by atoms with Gasteiger partial charge in [-0.3, -0.25) is 10.1 Å². The molecule has 0 aromatic carbocycles. The maximum Gasteiger partial charge on any atom is 0.252 e. The van der Waals surface area contributed by atoms with Crippen molar-refractivity contribution >= 4 is 55.3 Å². The van der Waals surface area contributed by atoms with Gasteiger partial charge in [0.15, 0.2) is 0 Å². The average molecular weight is 487 g/mol. The molecule has 4 bridgehead atoms. The van der Waals surface area contributed by atoms with E-state index in [1.54, 1.807) is 0 Å². The molecule has 2 aromatic heterocycles. The topological polar surface area (TPSA) is 92.3 Å². The molecule has 4 saturated carbocycles. The van der Waals surface area contributed by atoms with E-state index in [2.05, 4.69) is 15.5 Å². The smallest absolute Gasteiger partial charge is 0.252 e. The van der Waals surface area contributed by atoms with Crippen molar-refractivity contribution in [2.24, 2.45) is 17.8 Å². The summed E-state index contributed by atoms with van der Waals surface area (Å²) >= 11 is 8.26. The Bertz CT molecular complexity index is 1050. The van der Waals surface area contributed by atoms with Crippen molar-refractivity contribution in [3.8, 4) is 0 Å². The lowest BCUT2D eigenvalue weighted by atomic mass is 9.50. The Kier molecular flexibility index (Phi) is 5.21. The van der Waals surface area contributed by atoms with Gasteiger partial charge >= 0.3 is 0 Å². The molecule has 4 fully saturated rings. The molecule has 4 aliphatic rings. The number of carbonyl (C=O) groups excluding carboxylic acids is 1. The van der Waals surface area contributed by atoms with E-state index in [0.29, 0.717) is 9.47 Å². The molecule has 0 radical (unpaired) electrons. The summed E-state index contributed by atoms with van der Waals surface area (Å²) in [5, 5.41) is 12.8. The summed E-state index contributed by atoms with van der Waals surface area (Å²) in [6.45, 7) is -0.301. The first-order valence-electron chi connectivity index (χ1n) is 10.1. The Labute approximate surface area is 188 Å². The summed E-state index contributed by atoms with van der Waals surface area (Å²) in [6.07, 6.45) is 7.64. The molecule has 2 aromatic rings. The maximum atomic E-state index is 12.6. The summed E-state index contributed by atoms with van der Waals surface area (Å²) in [5.41, 5.74) is 0.133. The third-order valence-electron chi connectivity index (χ3n) is 6.74. The minimum Gasteiger partial charge on any atom is -0.299 e. The third-order valence-corrected chi connectivity index (χ3v) is 11.3. The van der Waals surface area contributed by atoms with E-state index in [1.165, 1.54) is 69.0 Å². The van der Waals surface area contributed by atoms with E-state index in [-0.39, 0.29) is 16.2 Å². The SMILES string of the molecule is CN(CC(=O)Nc1nnc(C23CC4CC(CC(C4)C2)C3)s1)S(=O)(=O)c1ccc(Cl)s1. The fraction of sp³-hybridized carbons (Fsp3) is 0.632. The van der Waals surface area contributed by atoms with Crippen molar-refractivity contribution in [1.29, 1.82) is 0 Å². The number of amides is 1. The first-order valence-corrected chi connectivity index (χ1v) is 13.5. The van der Waals surface area contributed by atoms with Crippen molar-refractivity contribution < 1.29 is 13.2 Å². The van der Waals surface area contributed by atoms with Gasteiger partial charge in [0, 0.05) is 12.5 Å². The zero-order valence-electron chi connectivity index (χ0n) is 16.5. The van der Waals surface area contributed by atoms with Crippen molar-refractivity contribution in [2.75, 3.05) is 18.9 Å². The molecule has 4 aliphatic carbocycles. The lowest BCUT2D eigenvalue weighted by Crippen LogP contribution is -2.48. The predicted molar refractivity (Wildman–Crippen MR) is 118 cm³/mol. The van der Waals surface area contributed by atoms with Gasteiger partial charge in [0.25, 0.3) is 10.0 Å². The van der Waals surface area contributed by atoms with Gasteiger partial charge < -0.3 is 0 Å². The highest BCUT2D eigenvalue weighted by atomic mass is 35.5. The number of carbonyl (C=O) groups is 1. The summed E-state index contributed by atoms with van der Waals surface area (Å²) in [5.74, 6) is 1.99. The molecule has 0 atom stereocenters. The highest BCUT2D eigenvalue weighted by Gasteiger charge is 2.53. The quantitative estimate of drug-likeness (QED) is 0.666. The number of likely N-dealkylation sites (N-methyl/N-ethyl adjacent to an activating group) is 1. The Morgan fingerprint density at radius 2 is 1.80 bits per heavy atom. The molecule has 0 spiro atoms. The van der Waals surface area contributed by atoms with Gasteiger partial charge in [0.2, 0.25) is 11.0 Å². The highest BCUT2D eigenvalue weighted by molar-refractivity contribution is 7.91. The molecule has 6 rings (SSSR count). The van der Waals surface area contributed by atoms with Crippen LogP contribution in [0.15, 0.2) is 16.3 Å². The number of anilines is 1. The summed E-state index contributed by atoms with van der Waals surface area (Å²) in [6, 6.07) is 2.97. The summed E-state index contributed by atoms with van der Waals surface area (Å²) < 4.78 is 26.7. The average Bonchev–Trinajstić information content (AvgIpc) is 3.30. The van der Waals surface area contributed by atoms with Crippen molar-refractivity contribution in [3.05, 3.63) is 21.5 Å². The normalized spacial score (nSPS) is 30.2. The predicted octanol–water partition coefficient (Wildman–Crippen LogP) is 3.98. The minimum absolute atomic E-state index is 0.114. The first kappa shape index (κ1) is 20.8. The van der Waals surface area contributed by atoms with Gasteiger partial charge in [-0.2, -0.15) is 4.31 Å². The van der Waals surface area contributed by atoms with Gasteiger partial charge in [-0.1, -0.05) is 22.9 Å². The van der Waals surface area contributed by atoms with Crippen LogP contribution in [0, 0.1) is 17.8 Å². The highest BCUT2D eigenvalue weighted by Crippen LogP contribution is 2.61. The fourth-order valence-corrected chi connectivity index (χ4v) is 9.70. The second-order valence-corrected chi connectivity index (χ2v) is 13.9. The number of hydrogen-bond acceptors (Lipinski definition) is 7. The van der Waals surface area contributed by atoms with Crippen LogP contribution in [-0.4, -0.2) is 42.4 Å². The molecule has 2 heterocycles. The largest absolute Gasteiger partial charge is 0.299 e. The van der Waals surface area contributed by atoms with Crippen LogP contribution in [0.3, 0.4) is 0 Å². The summed E-state index contributed by atoms with van der Waals surface area (Å²) in [7, 11) is -2.38. The lowest BCUT2D eigenvalue weighted by Gasteiger charge is -2.55. The second-order valence-electron chi connectivity index (χ2n) is 8.98. The van der Waals surface area contributed by atoms with Crippen LogP contribution in [-0.2, 0) is 20.2 Å². The Morgan fingerprint density at radius 3 is 2.37 bits per heavy atom. The Hall–Kier alpha value is -1.07. The monoisotopic (exact) mass is 486 g/mol. The molecule has 1 N–H and O–H groups in total. The molecule has 0 aliphatic heterocycles. The van der Waals surface area contributed by atoms with E-state index in [9.17, 15) is 13.2 Å². The van der Waals surface area contributed by atoms with Crippen LogP contribution < -0.4 is 5.32 Å². The number of hydrogen-bond donors (Lipinski definition) is 1. The molecule has 1 amide bonds.